The molecule has 0 saturated heterocycles. The van der Waals surface area contributed by atoms with Crippen molar-refractivity contribution >= 4 is 11.6 Å². The zero-order chi connectivity index (χ0) is 16.2. The lowest BCUT2D eigenvalue weighted by Crippen LogP contribution is -2.41. The zero-order valence-electron chi connectivity index (χ0n) is 13.1. The predicted molar refractivity (Wildman–Crippen MR) is 92.1 cm³/mol. The highest BCUT2D eigenvalue weighted by Crippen LogP contribution is 2.24. The van der Waals surface area contributed by atoms with E-state index in [-0.39, 0.29) is 0 Å². The summed E-state index contributed by atoms with van der Waals surface area (Å²) in [6.07, 6.45) is 9.50. The third kappa shape index (κ3) is 3.94. The van der Waals surface area contributed by atoms with E-state index < -0.39 is 11.1 Å². The van der Waals surface area contributed by atoms with Crippen LogP contribution >= 0.6 is 11.6 Å². The molecule has 0 aliphatic heterocycles. The molecule has 1 fully saturated rings. The van der Waals surface area contributed by atoms with Crippen LogP contribution in [0.5, 0.6) is 0 Å². The van der Waals surface area contributed by atoms with Crippen molar-refractivity contribution in [1.82, 2.24) is 9.13 Å². The molecule has 0 unspecified atom stereocenters. The van der Waals surface area contributed by atoms with Crippen LogP contribution < -0.4 is 11.1 Å². The van der Waals surface area contributed by atoms with Gasteiger partial charge in [-0.15, -0.1) is 0 Å². The number of halogens is 1. The molecule has 1 heterocycles. The average molecular weight is 333 g/mol. The molecule has 0 spiro atoms. The van der Waals surface area contributed by atoms with Gasteiger partial charge in [-0.1, -0.05) is 43.0 Å². The normalized spacial score (nSPS) is 15.7. The number of aromatic nitrogens is 2. The molecule has 0 bridgehead atoms. The molecule has 0 amide bonds. The Morgan fingerprint density at radius 3 is 2.22 bits per heavy atom. The second-order valence-electron chi connectivity index (χ2n) is 6.32. The van der Waals surface area contributed by atoms with E-state index in [9.17, 15) is 9.59 Å². The average Bonchev–Trinajstić information content (AvgIpc) is 2.57. The van der Waals surface area contributed by atoms with Crippen molar-refractivity contribution in [2.45, 2.75) is 45.2 Å². The maximum Gasteiger partial charge on any atom is 0.316 e. The quantitative estimate of drug-likeness (QED) is 0.806. The van der Waals surface area contributed by atoms with Gasteiger partial charge in [0, 0.05) is 24.0 Å². The van der Waals surface area contributed by atoms with Crippen LogP contribution in [0.1, 0.15) is 37.7 Å². The first-order valence-electron chi connectivity index (χ1n) is 8.18. The standard InChI is InChI=1S/C18H21ClN2O2/c19-16-8-6-15(7-9-16)13-21-11-10-20(17(22)18(21)23)12-14-4-2-1-3-5-14/h6-11,14H,1-5,12-13H2. The van der Waals surface area contributed by atoms with Gasteiger partial charge in [0.05, 0.1) is 6.54 Å². The van der Waals surface area contributed by atoms with Gasteiger partial charge in [0.2, 0.25) is 0 Å². The van der Waals surface area contributed by atoms with E-state index in [4.69, 9.17) is 11.6 Å². The highest BCUT2D eigenvalue weighted by Gasteiger charge is 2.15. The second-order valence-corrected chi connectivity index (χ2v) is 6.76. The van der Waals surface area contributed by atoms with Crippen LogP contribution in [0.2, 0.25) is 5.02 Å². The molecule has 23 heavy (non-hydrogen) atoms. The molecule has 122 valence electrons. The van der Waals surface area contributed by atoms with Crippen molar-refractivity contribution < 1.29 is 0 Å². The maximum atomic E-state index is 12.3. The minimum absolute atomic E-state index is 0.384. The van der Waals surface area contributed by atoms with Crippen LogP contribution in [-0.4, -0.2) is 9.13 Å². The lowest BCUT2D eigenvalue weighted by molar-refractivity contribution is 0.314. The Hall–Kier alpha value is -1.81. The van der Waals surface area contributed by atoms with Crippen LogP contribution in [0.3, 0.4) is 0 Å². The topological polar surface area (TPSA) is 44.0 Å². The first-order valence-corrected chi connectivity index (χ1v) is 8.55. The number of hydrogen-bond donors (Lipinski definition) is 0. The monoisotopic (exact) mass is 332 g/mol. The van der Waals surface area contributed by atoms with Crippen molar-refractivity contribution in [2.75, 3.05) is 0 Å². The summed E-state index contributed by atoms with van der Waals surface area (Å²) in [4.78, 5) is 24.6. The summed E-state index contributed by atoms with van der Waals surface area (Å²) in [6.45, 7) is 1.05. The van der Waals surface area contributed by atoms with E-state index in [0.29, 0.717) is 24.0 Å². The summed E-state index contributed by atoms with van der Waals surface area (Å²) in [7, 11) is 0. The van der Waals surface area contributed by atoms with Crippen LogP contribution in [0.4, 0.5) is 0 Å². The van der Waals surface area contributed by atoms with Crippen molar-refractivity contribution in [2.24, 2.45) is 5.92 Å². The van der Waals surface area contributed by atoms with Crippen molar-refractivity contribution in [1.29, 1.82) is 0 Å². The van der Waals surface area contributed by atoms with Crippen LogP contribution in [0.15, 0.2) is 46.2 Å². The van der Waals surface area contributed by atoms with E-state index in [1.54, 1.807) is 29.1 Å². The molecular weight excluding hydrogens is 312 g/mol. The van der Waals surface area contributed by atoms with Crippen LogP contribution in [0.25, 0.3) is 0 Å². The van der Waals surface area contributed by atoms with Crippen molar-refractivity contribution in [3.8, 4) is 0 Å². The Bertz CT molecular complexity index is 771. The minimum atomic E-state index is -0.460. The van der Waals surface area contributed by atoms with E-state index in [0.717, 1.165) is 18.4 Å². The summed E-state index contributed by atoms with van der Waals surface area (Å²) >= 11 is 5.86. The maximum absolute atomic E-state index is 12.3. The molecule has 1 aromatic heterocycles. The smallest absolute Gasteiger partial charge is 0.309 e. The van der Waals surface area contributed by atoms with E-state index >= 15 is 0 Å². The van der Waals surface area contributed by atoms with Crippen molar-refractivity contribution in [3.05, 3.63) is 68.0 Å². The second kappa shape index (κ2) is 7.18. The summed E-state index contributed by atoms with van der Waals surface area (Å²) in [5.41, 5.74) is 0.0613. The van der Waals surface area contributed by atoms with E-state index in [1.165, 1.54) is 23.8 Å². The number of nitrogens with zero attached hydrogens (tertiary/aromatic N) is 2. The summed E-state index contributed by atoms with van der Waals surface area (Å²) < 4.78 is 3.04. The van der Waals surface area contributed by atoms with Gasteiger partial charge in [-0.05, 0) is 36.5 Å². The van der Waals surface area contributed by atoms with E-state index in [2.05, 4.69) is 0 Å². The molecule has 1 aromatic carbocycles. The number of benzene rings is 1. The number of rotatable bonds is 4. The van der Waals surface area contributed by atoms with Gasteiger partial charge in [0.1, 0.15) is 0 Å². The lowest BCUT2D eigenvalue weighted by Gasteiger charge is -2.22. The fraction of sp³-hybridized carbons (Fsp3) is 0.444. The van der Waals surface area contributed by atoms with Gasteiger partial charge in [-0.2, -0.15) is 0 Å². The molecular formula is C18H21ClN2O2. The molecule has 4 nitrogen and oxygen atoms in total. The van der Waals surface area contributed by atoms with Gasteiger partial charge >= 0.3 is 11.1 Å². The largest absolute Gasteiger partial charge is 0.316 e. The third-order valence-corrected chi connectivity index (χ3v) is 4.83. The molecule has 2 aromatic rings. The SMILES string of the molecule is O=c1c(=O)n(CC2CCCCC2)ccn1Cc1ccc(Cl)cc1. The van der Waals surface area contributed by atoms with Gasteiger partial charge in [-0.25, -0.2) is 0 Å². The highest BCUT2D eigenvalue weighted by atomic mass is 35.5. The summed E-state index contributed by atoms with van der Waals surface area (Å²) in [5, 5.41) is 0.656. The first-order chi connectivity index (χ1) is 11.1. The van der Waals surface area contributed by atoms with Gasteiger partial charge in [0.15, 0.2) is 0 Å². The molecule has 3 rings (SSSR count). The molecule has 1 saturated carbocycles. The summed E-state index contributed by atoms with van der Waals surface area (Å²) in [5.74, 6) is 0.521. The molecule has 1 aliphatic carbocycles. The number of hydrogen-bond acceptors (Lipinski definition) is 2. The zero-order valence-corrected chi connectivity index (χ0v) is 13.8. The fourth-order valence-electron chi connectivity index (χ4n) is 3.24. The van der Waals surface area contributed by atoms with Crippen LogP contribution in [-0.2, 0) is 13.1 Å². The van der Waals surface area contributed by atoms with Crippen molar-refractivity contribution in [3.63, 3.8) is 0 Å². The van der Waals surface area contributed by atoms with Crippen LogP contribution in [0, 0.1) is 5.92 Å². The Balaban J connectivity index is 1.78. The Morgan fingerprint density at radius 2 is 1.52 bits per heavy atom. The molecule has 0 atom stereocenters. The molecule has 0 N–H and O–H groups in total. The minimum Gasteiger partial charge on any atom is -0.309 e. The lowest BCUT2D eigenvalue weighted by atomic mass is 9.89. The molecule has 0 radical (unpaired) electrons. The first kappa shape index (κ1) is 16.1. The highest BCUT2D eigenvalue weighted by molar-refractivity contribution is 6.30. The Labute approximate surface area is 140 Å². The third-order valence-electron chi connectivity index (χ3n) is 4.58. The summed E-state index contributed by atoms with van der Waals surface area (Å²) in [6, 6.07) is 7.29. The Kier molecular flexibility index (Phi) is 5.01. The predicted octanol–water partition coefficient (Wildman–Crippen LogP) is 3.29. The molecule has 5 heteroatoms. The molecule has 1 aliphatic rings. The van der Waals surface area contributed by atoms with Gasteiger partial charge in [0.25, 0.3) is 0 Å². The van der Waals surface area contributed by atoms with Gasteiger partial charge < -0.3 is 9.13 Å². The van der Waals surface area contributed by atoms with Gasteiger partial charge in [-0.3, -0.25) is 9.59 Å². The fourth-order valence-corrected chi connectivity index (χ4v) is 3.37. The van der Waals surface area contributed by atoms with E-state index in [1.807, 2.05) is 12.1 Å². The Morgan fingerprint density at radius 1 is 0.913 bits per heavy atom.